The van der Waals surface area contributed by atoms with E-state index in [2.05, 4.69) is 9.97 Å². The van der Waals surface area contributed by atoms with Crippen LogP contribution >= 0.6 is 11.6 Å². The highest BCUT2D eigenvalue weighted by molar-refractivity contribution is 6.30. The first-order valence-corrected chi connectivity index (χ1v) is 12.8. The van der Waals surface area contributed by atoms with E-state index in [4.69, 9.17) is 26.1 Å². The Labute approximate surface area is 218 Å². The summed E-state index contributed by atoms with van der Waals surface area (Å²) in [6.45, 7) is 3.50. The second-order valence-electron chi connectivity index (χ2n) is 9.13. The van der Waals surface area contributed by atoms with Crippen LogP contribution in [-0.2, 0) is 29.6 Å². The lowest BCUT2D eigenvalue weighted by Gasteiger charge is -2.22. The van der Waals surface area contributed by atoms with E-state index in [-0.39, 0.29) is 12.8 Å². The molecule has 0 bridgehead atoms. The summed E-state index contributed by atoms with van der Waals surface area (Å²) in [7, 11) is 1.62. The molecule has 0 aliphatic carbocycles. The van der Waals surface area contributed by atoms with E-state index in [9.17, 15) is 9.59 Å². The van der Waals surface area contributed by atoms with Gasteiger partial charge in [0, 0.05) is 44.2 Å². The first kappa shape index (κ1) is 25.3. The van der Waals surface area contributed by atoms with Gasteiger partial charge in [-0.3, -0.25) is 18.9 Å². The van der Waals surface area contributed by atoms with Crippen molar-refractivity contribution in [2.24, 2.45) is 7.05 Å². The summed E-state index contributed by atoms with van der Waals surface area (Å²) in [5.41, 5.74) is 1.94. The maximum Gasteiger partial charge on any atom is 0.332 e. The molecule has 1 aliphatic heterocycles. The van der Waals surface area contributed by atoms with Crippen molar-refractivity contribution in [3.8, 4) is 11.5 Å². The van der Waals surface area contributed by atoms with Gasteiger partial charge in [0.1, 0.15) is 5.69 Å². The summed E-state index contributed by atoms with van der Waals surface area (Å²) >= 11 is 6.08. The number of rotatable bonds is 8. The molecule has 0 spiro atoms. The number of ether oxygens (including phenoxy) is 2. The molecular weight excluding hydrogens is 496 g/mol. The molecule has 1 fully saturated rings. The van der Waals surface area contributed by atoms with Gasteiger partial charge in [-0.15, -0.1) is 0 Å². The number of benzene rings is 1. The lowest BCUT2D eigenvalue weighted by Crippen LogP contribution is -2.40. The molecule has 1 aromatic carbocycles. The highest BCUT2D eigenvalue weighted by atomic mass is 35.5. The van der Waals surface area contributed by atoms with Crippen LogP contribution in [0.15, 0.2) is 46.2 Å². The summed E-state index contributed by atoms with van der Waals surface area (Å²) in [5, 5.41) is 0.620. The number of nitrogens with zero attached hydrogens (tertiary/aromatic N) is 6. The molecule has 4 heterocycles. The Morgan fingerprint density at radius 3 is 2.62 bits per heavy atom. The van der Waals surface area contributed by atoms with E-state index < -0.39 is 11.2 Å². The Bertz CT molecular complexity index is 1520. The Balaban J connectivity index is 1.55. The van der Waals surface area contributed by atoms with E-state index in [1.165, 1.54) is 9.13 Å². The number of hydrogen-bond donors (Lipinski definition) is 0. The SMILES string of the molecule is Cc1nccnc1-c1nc2c(c(=O)n(CCCOC3CCCCO3)c(=O)n2C)n1Cc1ccc(Cl)cc1. The Hall–Kier alpha value is -3.34. The monoisotopic (exact) mass is 524 g/mol. The second-order valence-corrected chi connectivity index (χ2v) is 9.57. The van der Waals surface area contributed by atoms with Crippen LogP contribution in [0.25, 0.3) is 22.7 Å². The Morgan fingerprint density at radius 2 is 1.89 bits per heavy atom. The zero-order valence-corrected chi connectivity index (χ0v) is 21.6. The molecule has 10 nitrogen and oxygen atoms in total. The topological polar surface area (TPSA) is 106 Å². The predicted molar refractivity (Wildman–Crippen MR) is 140 cm³/mol. The second kappa shape index (κ2) is 11.0. The molecule has 0 radical (unpaired) electrons. The fraction of sp³-hybridized carbons (Fsp3) is 0.423. The normalized spacial score (nSPS) is 15.9. The van der Waals surface area contributed by atoms with Gasteiger partial charge in [0.05, 0.1) is 12.3 Å². The molecule has 1 aliphatic rings. The van der Waals surface area contributed by atoms with Crippen molar-refractivity contribution < 1.29 is 9.47 Å². The summed E-state index contributed by atoms with van der Waals surface area (Å²) in [4.78, 5) is 40.5. The maximum atomic E-state index is 13.8. The molecule has 0 amide bonds. The number of aryl methyl sites for hydroxylation is 2. The summed E-state index contributed by atoms with van der Waals surface area (Å²) in [6.07, 6.45) is 6.46. The number of aromatic nitrogens is 6. The Kier molecular flexibility index (Phi) is 7.50. The van der Waals surface area contributed by atoms with Crippen molar-refractivity contribution in [3.05, 3.63) is 73.8 Å². The van der Waals surface area contributed by atoms with Crippen LogP contribution in [0.5, 0.6) is 0 Å². The molecule has 37 heavy (non-hydrogen) atoms. The van der Waals surface area contributed by atoms with Gasteiger partial charge in [0.25, 0.3) is 5.56 Å². The van der Waals surface area contributed by atoms with Crippen LogP contribution in [-0.4, -0.2) is 48.2 Å². The van der Waals surface area contributed by atoms with Gasteiger partial charge in [0.2, 0.25) is 0 Å². The molecular formula is C26H29ClN6O4. The molecule has 1 atom stereocenters. The fourth-order valence-corrected chi connectivity index (χ4v) is 4.71. The van der Waals surface area contributed by atoms with Crippen molar-refractivity contribution in [2.45, 2.75) is 52.0 Å². The van der Waals surface area contributed by atoms with Gasteiger partial charge in [-0.2, -0.15) is 0 Å². The van der Waals surface area contributed by atoms with Crippen molar-refractivity contribution in [2.75, 3.05) is 13.2 Å². The quantitative estimate of drug-likeness (QED) is 0.325. The van der Waals surface area contributed by atoms with Crippen LogP contribution in [0.1, 0.15) is 36.9 Å². The van der Waals surface area contributed by atoms with Crippen LogP contribution in [0.4, 0.5) is 0 Å². The lowest BCUT2D eigenvalue weighted by molar-refractivity contribution is -0.163. The van der Waals surface area contributed by atoms with E-state index in [1.807, 2.05) is 19.1 Å². The molecule has 11 heteroatoms. The number of fused-ring (bicyclic) bond motifs is 1. The molecule has 3 aromatic heterocycles. The third-order valence-corrected chi connectivity index (χ3v) is 6.80. The molecule has 1 saturated heterocycles. The maximum absolute atomic E-state index is 13.8. The molecule has 194 valence electrons. The molecule has 4 aromatic rings. The average molecular weight is 525 g/mol. The van der Waals surface area contributed by atoms with Gasteiger partial charge in [-0.25, -0.2) is 14.8 Å². The van der Waals surface area contributed by atoms with Crippen molar-refractivity contribution in [3.63, 3.8) is 0 Å². The number of hydrogen-bond acceptors (Lipinski definition) is 7. The van der Waals surface area contributed by atoms with Crippen molar-refractivity contribution in [1.29, 1.82) is 0 Å². The van der Waals surface area contributed by atoms with Crippen LogP contribution in [0.2, 0.25) is 5.02 Å². The molecule has 0 N–H and O–H groups in total. The van der Waals surface area contributed by atoms with Gasteiger partial charge in [0.15, 0.2) is 23.3 Å². The molecule has 0 saturated carbocycles. The third-order valence-electron chi connectivity index (χ3n) is 6.55. The minimum Gasteiger partial charge on any atom is -0.353 e. The first-order valence-electron chi connectivity index (χ1n) is 12.4. The fourth-order valence-electron chi connectivity index (χ4n) is 4.58. The average Bonchev–Trinajstić information content (AvgIpc) is 3.28. The summed E-state index contributed by atoms with van der Waals surface area (Å²) in [6, 6.07) is 7.39. The van der Waals surface area contributed by atoms with E-state index >= 15 is 0 Å². The Morgan fingerprint density at radius 1 is 1.11 bits per heavy atom. The molecule has 1 unspecified atom stereocenters. The number of halogens is 1. The largest absolute Gasteiger partial charge is 0.353 e. The zero-order valence-electron chi connectivity index (χ0n) is 20.9. The predicted octanol–water partition coefficient (Wildman–Crippen LogP) is 3.30. The number of imidazole rings is 1. The summed E-state index contributed by atoms with van der Waals surface area (Å²) in [5.74, 6) is 0.471. The van der Waals surface area contributed by atoms with Crippen LogP contribution < -0.4 is 11.2 Å². The highest BCUT2D eigenvalue weighted by Crippen LogP contribution is 2.24. The van der Waals surface area contributed by atoms with Gasteiger partial charge >= 0.3 is 5.69 Å². The van der Waals surface area contributed by atoms with Gasteiger partial charge in [-0.05, 0) is 50.3 Å². The van der Waals surface area contributed by atoms with Crippen LogP contribution in [0.3, 0.4) is 0 Å². The highest BCUT2D eigenvalue weighted by Gasteiger charge is 2.23. The van der Waals surface area contributed by atoms with E-state index in [0.29, 0.717) is 59.6 Å². The standard InChI is InChI=1S/C26H29ClN6O4/c1-17-21(29-12-11-28-17)23-30-24-22(33(23)16-18-7-9-19(27)10-8-18)25(34)32(26(35)31(24)2)13-5-15-37-20-6-3-4-14-36-20/h7-12,20H,3-6,13-16H2,1-2H3. The zero-order chi connectivity index (χ0) is 25.9. The minimum atomic E-state index is -0.426. The van der Waals surface area contributed by atoms with E-state index in [0.717, 1.165) is 24.8 Å². The van der Waals surface area contributed by atoms with Crippen molar-refractivity contribution >= 4 is 22.8 Å². The van der Waals surface area contributed by atoms with E-state index in [1.54, 1.807) is 36.1 Å². The smallest absolute Gasteiger partial charge is 0.332 e. The first-order chi connectivity index (χ1) is 17.9. The minimum absolute atomic E-state index is 0.214. The van der Waals surface area contributed by atoms with Crippen molar-refractivity contribution in [1.82, 2.24) is 28.7 Å². The molecule has 5 rings (SSSR count). The van der Waals surface area contributed by atoms with Crippen LogP contribution in [0, 0.1) is 6.92 Å². The summed E-state index contributed by atoms with van der Waals surface area (Å²) < 4.78 is 15.9. The lowest BCUT2D eigenvalue weighted by atomic mass is 10.2. The van der Waals surface area contributed by atoms with Gasteiger partial charge in [-0.1, -0.05) is 23.7 Å². The third kappa shape index (κ3) is 5.22. The van der Waals surface area contributed by atoms with Gasteiger partial charge < -0.3 is 14.0 Å².